The Morgan fingerprint density at radius 2 is 1.89 bits per heavy atom. The minimum Gasteiger partial charge on any atom is -0.304 e. The number of rotatable bonds is 6. The summed E-state index contributed by atoms with van der Waals surface area (Å²) in [7, 11) is 0. The van der Waals surface area contributed by atoms with E-state index in [2.05, 4.69) is 15.5 Å². The summed E-state index contributed by atoms with van der Waals surface area (Å²) < 4.78 is 17.4. The number of para-hydroxylation sites is 1. The Kier molecular flexibility index (Phi) is 6.23. The Morgan fingerprint density at radius 3 is 2.66 bits per heavy atom. The van der Waals surface area contributed by atoms with Crippen molar-refractivity contribution in [2.45, 2.75) is 20.0 Å². The van der Waals surface area contributed by atoms with Gasteiger partial charge in [-0.2, -0.15) is 10.2 Å². The zero-order valence-corrected chi connectivity index (χ0v) is 20.1. The number of hydrogen-bond acceptors (Lipinski definition) is 4. The largest absolute Gasteiger partial charge is 0.304 e. The number of nitrogens with zero attached hydrogens (tertiary/aromatic N) is 5. The van der Waals surface area contributed by atoms with Crippen molar-refractivity contribution >= 4 is 45.8 Å². The van der Waals surface area contributed by atoms with Gasteiger partial charge in [-0.1, -0.05) is 47.5 Å². The van der Waals surface area contributed by atoms with Gasteiger partial charge >= 0.3 is 0 Å². The van der Waals surface area contributed by atoms with Crippen LogP contribution in [-0.2, 0) is 13.1 Å². The van der Waals surface area contributed by atoms with E-state index >= 15 is 0 Å². The summed E-state index contributed by atoms with van der Waals surface area (Å²) in [5.41, 5.74) is 2.79. The number of carbonyl (C=O) groups is 1. The second kappa shape index (κ2) is 9.48. The van der Waals surface area contributed by atoms with Gasteiger partial charge in [0, 0.05) is 40.5 Å². The molecular formula is C25H19Cl2FN6O. The van der Waals surface area contributed by atoms with Crippen molar-refractivity contribution in [1.29, 1.82) is 0 Å². The van der Waals surface area contributed by atoms with Gasteiger partial charge in [0.15, 0.2) is 5.82 Å². The van der Waals surface area contributed by atoms with Gasteiger partial charge in [0.05, 0.1) is 29.5 Å². The first-order chi connectivity index (χ1) is 16.9. The number of pyridine rings is 1. The van der Waals surface area contributed by atoms with Crippen molar-refractivity contribution in [2.75, 3.05) is 5.32 Å². The molecule has 0 unspecified atom stereocenters. The van der Waals surface area contributed by atoms with Crippen LogP contribution in [0.15, 0.2) is 67.1 Å². The van der Waals surface area contributed by atoms with E-state index in [4.69, 9.17) is 28.2 Å². The van der Waals surface area contributed by atoms with Crippen LogP contribution in [0.4, 0.5) is 10.2 Å². The maximum Gasteiger partial charge on any atom is 0.257 e. The molecule has 3 heterocycles. The molecule has 7 nitrogen and oxygen atoms in total. The fourth-order valence-corrected chi connectivity index (χ4v) is 4.18. The molecule has 5 aromatic rings. The molecule has 3 aromatic heterocycles. The number of aromatic nitrogens is 5. The molecule has 1 amide bonds. The zero-order chi connectivity index (χ0) is 24.5. The molecule has 5 rings (SSSR count). The molecule has 176 valence electrons. The third-order valence-electron chi connectivity index (χ3n) is 5.54. The highest BCUT2D eigenvalue weighted by molar-refractivity contribution is 6.33. The smallest absolute Gasteiger partial charge is 0.257 e. The Bertz CT molecular complexity index is 1540. The van der Waals surface area contributed by atoms with E-state index in [1.165, 1.54) is 23.0 Å². The first-order valence-electron chi connectivity index (χ1n) is 10.8. The molecule has 0 radical (unpaired) electrons. The lowest BCUT2D eigenvalue weighted by atomic mass is 10.0. The van der Waals surface area contributed by atoms with Crippen LogP contribution >= 0.6 is 23.2 Å². The molecule has 0 aliphatic rings. The van der Waals surface area contributed by atoms with Crippen molar-refractivity contribution in [2.24, 2.45) is 0 Å². The number of aryl methyl sites for hydroxylation is 1. The quantitative estimate of drug-likeness (QED) is 0.302. The first-order valence-corrected chi connectivity index (χ1v) is 11.6. The van der Waals surface area contributed by atoms with Gasteiger partial charge in [0.25, 0.3) is 5.91 Å². The predicted molar refractivity (Wildman–Crippen MR) is 134 cm³/mol. The molecule has 10 heteroatoms. The van der Waals surface area contributed by atoms with Gasteiger partial charge in [0.1, 0.15) is 10.8 Å². The third kappa shape index (κ3) is 4.62. The molecule has 0 saturated carbocycles. The summed E-state index contributed by atoms with van der Waals surface area (Å²) in [5, 5.41) is 12.6. The molecule has 1 N–H and O–H groups in total. The van der Waals surface area contributed by atoms with E-state index in [9.17, 15) is 9.18 Å². The Balaban J connectivity index is 1.47. The molecule has 2 aromatic carbocycles. The van der Waals surface area contributed by atoms with Crippen molar-refractivity contribution in [1.82, 2.24) is 24.5 Å². The fourth-order valence-electron chi connectivity index (χ4n) is 3.76. The third-order valence-corrected chi connectivity index (χ3v) is 6.18. The highest BCUT2D eigenvalue weighted by atomic mass is 35.5. The second-order valence-electron chi connectivity index (χ2n) is 7.83. The summed E-state index contributed by atoms with van der Waals surface area (Å²) in [6.07, 6.45) is 5.11. The molecule has 0 bridgehead atoms. The van der Waals surface area contributed by atoms with E-state index in [0.29, 0.717) is 22.2 Å². The van der Waals surface area contributed by atoms with Gasteiger partial charge in [-0.15, -0.1) is 0 Å². The van der Waals surface area contributed by atoms with Crippen LogP contribution in [0, 0.1) is 5.82 Å². The SMILES string of the molecule is CCn1cc(-c2cc(C(=O)Nc3nn(Cc4c(F)cccc4Cl)cc3Cl)c3ccccc3n2)cn1. The minimum atomic E-state index is -0.447. The van der Waals surface area contributed by atoms with E-state index in [0.717, 1.165) is 12.1 Å². The van der Waals surface area contributed by atoms with Crippen molar-refractivity contribution in [3.05, 3.63) is 94.1 Å². The summed E-state index contributed by atoms with van der Waals surface area (Å²) in [6, 6.07) is 13.6. The van der Waals surface area contributed by atoms with Crippen LogP contribution in [0.25, 0.3) is 22.2 Å². The number of halogens is 3. The highest BCUT2D eigenvalue weighted by Crippen LogP contribution is 2.27. The minimum absolute atomic E-state index is 0.0604. The summed E-state index contributed by atoms with van der Waals surface area (Å²) >= 11 is 12.5. The van der Waals surface area contributed by atoms with Crippen molar-refractivity contribution in [3.8, 4) is 11.3 Å². The maximum absolute atomic E-state index is 14.2. The number of hydrogen-bond donors (Lipinski definition) is 1. The number of fused-ring (bicyclic) bond motifs is 1. The average Bonchev–Trinajstić information content (AvgIpc) is 3.47. The van der Waals surface area contributed by atoms with Gasteiger partial charge in [-0.05, 0) is 31.2 Å². The summed E-state index contributed by atoms with van der Waals surface area (Å²) in [4.78, 5) is 18.1. The zero-order valence-electron chi connectivity index (χ0n) is 18.5. The summed E-state index contributed by atoms with van der Waals surface area (Å²) in [5.74, 6) is -0.689. The maximum atomic E-state index is 14.2. The number of carbonyl (C=O) groups excluding carboxylic acids is 1. The molecule has 0 spiro atoms. The van der Waals surface area contributed by atoms with Crippen LogP contribution in [0.1, 0.15) is 22.8 Å². The Morgan fingerprint density at radius 1 is 1.06 bits per heavy atom. The van der Waals surface area contributed by atoms with E-state index in [1.54, 1.807) is 23.0 Å². The fraction of sp³-hybridized carbons (Fsp3) is 0.120. The van der Waals surface area contributed by atoms with Gasteiger partial charge in [-0.3, -0.25) is 14.2 Å². The van der Waals surface area contributed by atoms with Crippen molar-refractivity contribution in [3.63, 3.8) is 0 Å². The molecule has 0 aliphatic carbocycles. The highest BCUT2D eigenvalue weighted by Gasteiger charge is 2.18. The molecular weight excluding hydrogens is 490 g/mol. The topological polar surface area (TPSA) is 77.6 Å². The molecule has 0 atom stereocenters. The van der Waals surface area contributed by atoms with Crippen LogP contribution in [0.2, 0.25) is 10.0 Å². The van der Waals surface area contributed by atoms with E-state index < -0.39 is 11.7 Å². The second-order valence-corrected chi connectivity index (χ2v) is 8.65. The average molecular weight is 509 g/mol. The monoisotopic (exact) mass is 508 g/mol. The predicted octanol–water partition coefficient (Wildman–Crippen LogP) is 6.06. The number of amides is 1. The number of nitrogens with one attached hydrogen (secondary N) is 1. The first kappa shape index (κ1) is 23.0. The normalized spacial score (nSPS) is 11.2. The Labute approximate surface area is 210 Å². The number of anilines is 1. The van der Waals surface area contributed by atoms with Crippen LogP contribution in [0.5, 0.6) is 0 Å². The lowest BCUT2D eigenvalue weighted by molar-refractivity contribution is 0.102. The van der Waals surface area contributed by atoms with Crippen LogP contribution in [-0.4, -0.2) is 30.5 Å². The van der Waals surface area contributed by atoms with Gasteiger partial charge in [0.2, 0.25) is 0 Å². The molecule has 0 aliphatic heterocycles. The van der Waals surface area contributed by atoms with Gasteiger partial charge in [-0.25, -0.2) is 9.37 Å². The van der Waals surface area contributed by atoms with Gasteiger partial charge < -0.3 is 5.32 Å². The van der Waals surface area contributed by atoms with E-state index in [-0.39, 0.29) is 28.0 Å². The Hall–Kier alpha value is -3.75. The standard InChI is InChI=1S/C25H19Cl2FN6O/c1-2-33-12-15(11-29-33)23-10-17(16-6-3-4-9-22(16)30-23)25(35)31-24-20(27)14-34(32-24)13-18-19(26)7-5-8-21(18)28/h3-12,14H,2,13H2,1H3,(H,31,32,35). The lowest BCUT2D eigenvalue weighted by Crippen LogP contribution is -2.14. The summed E-state index contributed by atoms with van der Waals surface area (Å²) in [6.45, 7) is 2.78. The number of benzene rings is 2. The lowest BCUT2D eigenvalue weighted by Gasteiger charge is -2.09. The van der Waals surface area contributed by atoms with Crippen LogP contribution < -0.4 is 5.32 Å². The molecule has 35 heavy (non-hydrogen) atoms. The molecule has 0 saturated heterocycles. The van der Waals surface area contributed by atoms with Crippen LogP contribution in [0.3, 0.4) is 0 Å². The van der Waals surface area contributed by atoms with E-state index in [1.807, 2.05) is 37.4 Å². The van der Waals surface area contributed by atoms with Crippen molar-refractivity contribution < 1.29 is 9.18 Å². The molecule has 0 fully saturated rings.